The zero-order valence-electron chi connectivity index (χ0n) is 7.88. The standard InChI is InChI=1S/C11H14N2/c1-8-6-11(13-7-10(8)12)9-4-2-3-5-9/h4,6-7H,2-3,5,12H2,1H3. The van der Waals surface area contributed by atoms with Crippen molar-refractivity contribution in [3.05, 3.63) is 29.6 Å². The van der Waals surface area contributed by atoms with Gasteiger partial charge >= 0.3 is 0 Å². The SMILES string of the molecule is Cc1cc(C2=CCCC2)ncc1N. The van der Waals surface area contributed by atoms with Crippen molar-refractivity contribution in [2.45, 2.75) is 26.2 Å². The minimum atomic E-state index is 0.780. The molecule has 0 bridgehead atoms. The molecule has 2 rings (SSSR count). The van der Waals surface area contributed by atoms with Crippen LogP contribution in [0.15, 0.2) is 18.3 Å². The van der Waals surface area contributed by atoms with E-state index in [1.165, 1.54) is 18.4 Å². The number of nitrogens with zero attached hydrogens (tertiary/aromatic N) is 1. The number of allylic oxidation sites excluding steroid dienone is 2. The average Bonchev–Trinajstić information content (AvgIpc) is 2.62. The van der Waals surface area contributed by atoms with Gasteiger partial charge in [-0.05, 0) is 43.4 Å². The van der Waals surface area contributed by atoms with Crippen LogP contribution in [0.4, 0.5) is 5.69 Å². The molecule has 2 heteroatoms. The second-order valence-electron chi connectivity index (χ2n) is 3.55. The van der Waals surface area contributed by atoms with E-state index >= 15 is 0 Å². The highest BCUT2D eigenvalue weighted by atomic mass is 14.7. The predicted octanol–water partition coefficient (Wildman–Crippen LogP) is 2.54. The first-order valence-corrected chi connectivity index (χ1v) is 4.69. The van der Waals surface area contributed by atoms with Crippen molar-refractivity contribution in [2.75, 3.05) is 5.73 Å². The van der Waals surface area contributed by atoms with Gasteiger partial charge in [0.15, 0.2) is 0 Å². The van der Waals surface area contributed by atoms with E-state index in [1.54, 1.807) is 6.20 Å². The van der Waals surface area contributed by atoms with Crippen molar-refractivity contribution < 1.29 is 0 Å². The van der Waals surface area contributed by atoms with E-state index < -0.39 is 0 Å². The number of rotatable bonds is 1. The maximum Gasteiger partial charge on any atom is 0.0662 e. The van der Waals surface area contributed by atoms with Crippen LogP contribution in [0, 0.1) is 6.92 Å². The summed E-state index contributed by atoms with van der Waals surface area (Å²) in [4.78, 5) is 4.33. The number of hydrogen-bond acceptors (Lipinski definition) is 2. The molecule has 0 aliphatic heterocycles. The lowest BCUT2D eigenvalue weighted by atomic mass is 10.1. The Kier molecular flexibility index (Phi) is 2.05. The molecule has 0 atom stereocenters. The number of anilines is 1. The largest absolute Gasteiger partial charge is 0.397 e. The Balaban J connectivity index is 2.36. The molecule has 1 aliphatic carbocycles. The van der Waals surface area contributed by atoms with Gasteiger partial charge in [0.05, 0.1) is 17.6 Å². The van der Waals surface area contributed by atoms with Crippen LogP contribution in [0.2, 0.25) is 0 Å². The Morgan fingerprint density at radius 2 is 2.31 bits per heavy atom. The molecular weight excluding hydrogens is 160 g/mol. The molecule has 0 amide bonds. The van der Waals surface area contributed by atoms with Crippen molar-refractivity contribution in [2.24, 2.45) is 0 Å². The molecule has 2 nitrogen and oxygen atoms in total. The zero-order valence-corrected chi connectivity index (χ0v) is 7.88. The maximum atomic E-state index is 5.71. The maximum absolute atomic E-state index is 5.71. The predicted molar refractivity (Wildman–Crippen MR) is 55.2 cm³/mol. The van der Waals surface area contributed by atoms with E-state index in [1.807, 2.05) is 6.92 Å². The smallest absolute Gasteiger partial charge is 0.0662 e. The van der Waals surface area contributed by atoms with Crippen LogP contribution >= 0.6 is 0 Å². The van der Waals surface area contributed by atoms with Gasteiger partial charge in [0.25, 0.3) is 0 Å². The molecule has 68 valence electrons. The number of hydrogen-bond donors (Lipinski definition) is 1. The van der Waals surface area contributed by atoms with Crippen LogP contribution in [-0.4, -0.2) is 4.98 Å². The first-order valence-electron chi connectivity index (χ1n) is 4.69. The molecule has 1 heterocycles. The van der Waals surface area contributed by atoms with Gasteiger partial charge in [-0.25, -0.2) is 0 Å². The molecule has 13 heavy (non-hydrogen) atoms. The van der Waals surface area contributed by atoms with E-state index in [9.17, 15) is 0 Å². The summed E-state index contributed by atoms with van der Waals surface area (Å²) in [6.07, 6.45) is 7.65. The van der Waals surface area contributed by atoms with E-state index in [0.717, 1.165) is 23.4 Å². The Labute approximate surface area is 78.5 Å². The summed E-state index contributed by atoms with van der Waals surface area (Å²) in [5.41, 5.74) is 10.1. The normalized spacial score (nSPS) is 15.9. The molecule has 1 aromatic heterocycles. The van der Waals surface area contributed by atoms with Crippen molar-refractivity contribution in [1.29, 1.82) is 0 Å². The summed E-state index contributed by atoms with van der Waals surface area (Å²) in [6.45, 7) is 2.02. The van der Waals surface area contributed by atoms with Crippen LogP contribution in [-0.2, 0) is 0 Å². The van der Waals surface area contributed by atoms with Crippen molar-refractivity contribution in [3.8, 4) is 0 Å². The summed E-state index contributed by atoms with van der Waals surface area (Å²) in [7, 11) is 0. The molecular formula is C11H14N2. The molecule has 0 aromatic carbocycles. The van der Waals surface area contributed by atoms with Crippen LogP contribution < -0.4 is 5.73 Å². The third-order valence-corrected chi connectivity index (χ3v) is 2.52. The summed E-state index contributed by atoms with van der Waals surface area (Å²) >= 11 is 0. The molecule has 0 radical (unpaired) electrons. The summed E-state index contributed by atoms with van der Waals surface area (Å²) in [5, 5.41) is 0. The topological polar surface area (TPSA) is 38.9 Å². The highest BCUT2D eigenvalue weighted by Crippen LogP contribution is 2.27. The Bertz CT molecular complexity index is 353. The number of aryl methyl sites for hydroxylation is 1. The zero-order chi connectivity index (χ0) is 9.26. The van der Waals surface area contributed by atoms with Gasteiger partial charge < -0.3 is 5.73 Å². The first kappa shape index (κ1) is 8.30. The summed E-state index contributed by atoms with van der Waals surface area (Å²) in [6, 6.07) is 2.08. The lowest BCUT2D eigenvalue weighted by Crippen LogP contribution is -1.94. The molecule has 2 N–H and O–H groups in total. The fourth-order valence-corrected chi connectivity index (χ4v) is 1.65. The summed E-state index contributed by atoms with van der Waals surface area (Å²) in [5.74, 6) is 0. The Morgan fingerprint density at radius 3 is 2.92 bits per heavy atom. The Morgan fingerprint density at radius 1 is 1.46 bits per heavy atom. The third-order valence-electron chi connectivity index (χ3n) is 2.52. The van der Waals surface area contributed by atoms with E-state index in [4.69, 9.17) is 5.73 Å². The molecule has 1 aliphatic rings. The van der Waals surface area contributed by atoms with Gasteiger partial charge in [-0.1, -0.05) is 6.08 Å². The van der Waals surface area contributed by atoms with Gasteiger partial charge in [-0.2, -0.15) is 0 Å². The van der Waals surface area contributed by atoms with Gasteiger partial charge in [-0.15, -0.1) is 0 Å². The van der Waals surface area contributed by atoms with Crippen molar-refractivity contribution >= 4 is 11.3 Å². The number of pyridine rings is 1. The highest BCUT2D eigenvalue weighted by Gasteiger charge is 2.08. The Hall–Kier alpha value is -1.31. The van der Waals surface area contributed by atoms with Crippen LogP contribution in [0.1, 0.15) is 30.5 Å². The van der Waals surface area contributed by atoms with E-state index in [2.05, 4.69) is 17.1 Å². The monoisotopic (exact) mass is 174 g/mol. The molecule has 0 saturated heterocycles. The van der Waals surface area contributed by atoms with Gasteiger partial charge in [0.1, 0.15) is 0 Å². The van der Waals surface area contributed by atoms with Crippen LogP contribution in [0.3, 0.4) is 0 Å². The average molecular weight is 174 g/mol. The van der Waals surface area contributed by atoms with Crippen molar-refractivity contribution in [1.82, 2.24) is 4.98 Å². The lowest BCUT2D eigenvalue weighted by molar-refractivity contribution is 0.932. The first-order chi connectivity index (χ1) is 6.27. The summed E-state index contributed by atoms with van der Waals surface area (Å²) < 4.78 is 0. The molecule has 0 fully saturated rings. The lowest BCUT2D eigenvalue weighted by Gasteiger charge is -2.04. The number of nitrogen functional groups attached to an aromatic ring is 1. The molecule has 1 aromatic rings. The molecule has 0 unspecified atom stereocenters. The van der Waals surface area contributed by atoms with Crippen LogP contribution in [0.5, 0.6) is 0 Å². The molecule has 0 spiro atoms. The van der Waals surface area contributed by atoms with Gasteiger partial charge in [-0.3, -0.25) is 4.98 Å². The van der Waals surface area contributed by atoms with Crippen molar-refractivity contribution in [3.63, 3.8) is 0 Å². The fraction of sp³-hybridized carbons (Fsp3) is 0.364. The van der Waals surface area contributed by atoms with E-state index in [-0.39, 0.29) is 0 Å². The molecule has 0 saturated carbocycles. The van der Waals surface area contributed by atoms with E-state index in [0.29, 0.717) is 0 Å². The second-order valence-corrected chi connectivity index (χ2v) is 3.55. The number of aromatic nitrogens is 1. The minimum Gasteiger partial charge on any atom is -0.397 e. The van der Waals surface area contributed by atoms with Gasteiger partial charge in [0, 0.05) is 0 Å². The minimum absolute atomic E-state index is 0.780. The third kappa shape index (κ3) is 1.57. The highest BCUT2D eigenvalue weighted by molar-refractivity contribution is 5.66. The number of nitrogens with two attached hydrogens (primary N) is 1. The fourth-order valence-electron chi connectivity index (χ4n) is 1.65. The van der Waals surface area contributed by atoms with Gasteiger partial charge in [0.2, 0.25) is 0 Å². The quantitative estimate of drug-likeness (QED) is 0.710. The van der Waals surface area contributed by atoms with Crippen LogP contribution in [0.25, 0.3) is 5.57 Å². The second kappa shape index (κ2) is 3.21.